The monoisotopic (exact) mass is 263 g/mol. The lowest BCUT2D eigenvalue weighted by Gasteiger charge is -2.10. The first-order chi connectivity index (χ1) is 8.43. The Balaban J connectivity index is 2.21. The zero-order valence-electron chi connectivity index (χ0n) is 9.70. The Labute approximate surface area is 101 Å². The Kier molecular flexibility index (Phi) is 3.27. The van der Waals surface area contributed by atoms with Gasteiger partial charge in [0, 0.05) is 6.54 Å². The number of hydrogen-bond acceptors (Lipinski definition) is 4. The normalized spacial score (nSPS) is 20.1. The van der Waals surface area contributed by atoms with E-state index in [2.05, 4.69) is 15.0 Å². The molecule has 1 atom stereocenters. The molecule has 1 aliphatic heterocycles. The van der Waals surface area contributed by atoms with Crippen LogP contribution >= 0.6 is 0 Å². The summed E-state index contributed by atoms with van der Waals surface area (Å²) in [6, 6.07) is 0. The number of fused-ring (bicyclic) bond motifs is 1. The molecule has 0 aliphatic carbocycles. The Morgan fingerprint density at radius 3 is 2.78 bits per heavy atom. The lowest BCUT2D eigenvalue weighted by atomic mass is 10.00. The Hall–Kier alpha value is -1.60. The molecule has 2 heterocycles. The highest BCUT2D eigenvalue weighted by atomic mass is 19.4. The number of rotatable bonds is 1. The number of carbonyl (C=O) groups excluding carboxylic acids is 1. The second-order valence-electron chi connectivity index (χ2n) is 4.15. The van der Waals surface area contributed by atoms with E-state index in [1.165, 1.54) is 11.8 Å². The van der Waals surface area contributed by atoms with Crippen molar-refractivity contribution in [2.75, 3.05) is 7.11 Å². The molecule has 0 N–H and O–H groups in total. The van der Waals surface area contributed by atoms with Gasteiger partial charge in [-0.05, 0) is 19.3 Å². The summed E-state index contributed by atoms with van der Waals surface area (Å²) in [7, 11) is 1.27. The fourth-order valence-electron chi connectivity index (χ4n) is 2.12. The second-order valence-corrected chi connectivity index (χ2v) is 4.15. The molecule has 0 saturated carbocycles. The van der Waals surface area contributed by atoms with Crippen LogP contribution < -0.4 is 0 Å². The number of hydrogen-bond donors (Lipinski definition) is 0. The van der Waals surface area contributed by atoms with Crippen molar-refractivity contribution in [2.24, 2.45) is 5.92 Å². The largest absolute Gasteiger partial charge is 0.469 e. The Morgan fingerprint density at radius 2 is 2.17 bits per heavy atom. The smallest absolute Gasteiger partial charge is 0.437 e. The van der Waals surface area contributed by atoms with Crippen LogP contribution in [0.2, 0.25) is 0 Å². The van der Waals surface area contributed by atoms with E-state index in [9.17, 15) is 18.0 Å². The van der Waals surface area contributed by atoms with Crippen molar-refractivity contribution >= 4 is 5.97 Å². The van der Waals surface area contributed by atoms with E-state index in [4.69, 9.17) is 0 Å². The standard InChI is InChI=1S/C10H12F3N3O2/c1-18-9(17)6-2-3-7-8(10(11,12)13)14-15-16(7)5-4-6/h6H,2-5H2,1H3. The third-order valence-corrected chi connectivity index (χ3v) is 3.06. The summed E-state index contributed by atoms with van der Waals surface area (Å²) in [5.74, 6) is -0.764. The van der Waals surface area contributed by atoms with Crippen LogP contribution in [0.15, 0.2) is 0 Å². The van der Waals surface area contributed by atoms with Gasteiger partial charge in [-0.15, -0.1) is 5.10 Å². The zero-order chi connectivity index (χ0) is 13.3. The van der Waals surface area contributed by atoms with Crippen molar-refractivity contribution in [3.05, 3.63) is 11.4 Å². The van der Waals surface area contributed by atoms with Crippen LogP contribution in [0.25, 0.3) is 0 Å². The number of carbonyl (C=O) groups is 1. The first-order valence-electron chi connectivity index (χ1n) is 5.51. The highest BCUT2D eigenvalue weighted by molar-refractivity contribution is 5.72. The molecule has 0 aromatic carbocycles. The minimum atomic E-state index is -4.50. The van der Waals surface area contributed by atoms with Crippen molar-refractivity contribution in [1.29, 1.82) is 0 Å². The minimum absolute atomic E-state index is 0.0499. The molecule has 5 nitrogen and oxygen atoms in total. The van der Waals surface area contributed by atoms with Crippen LogP contribution in [0.4, 0.5) is 13.2 Å². The fraction of sp³-hybridized carbons (Fsp3) is 0.700. The van der Waals surface area contributed by atoms with Crippen molar-refractivity contribution in [2.45, 2.75) is 32.0 Å². The van der Waals surface area contributed by atoms with Crippen molar-refractivity contribution < 1.29 is 22.7 Å². The zero-order valence-corrected chi connectivity index (χ0v) is 9.70. The summed E-state index contributed by atoms with van der Waals surface area (Å²) < 4.78 is 43.8. The van der Waals surface area contributed by atoms with Gasteiger partial charge in [0.1, 0.15) is 0 Å². The summed E-state index contributed by atoms with van der Waals surface area (Å²) in [4.78, 5) is 11.4. The summed E-state index contributed by atoms with van der Waals surface area (Å²) >= 11 is 0. The quantitative estimate of drug-likeness (QED) is 0.719. The lowest BCUT2D eigenvalue weighted by molar-refractivity contribution is -0.145. The molecule has 1 unspecified atom stereocenters. The van der Waals surface area contributed by atoms with E-state index in [0.717, 1.165) is 0 Å². The number of halogens is 3. The number of aryl methyl sites for hydroxylation is 1. The molecule has 0 bridgehead atoms. The van der Waals surface area contributed by atoms with Gasteiger partial charge in [-0.3, -0.25) is 4.79 Å². The SMILES string of the molecule is COC(=O)C1CCc2c(C(F)(F)F)nnn2CC1. The molecular weight excluding hydrogens is 251 g/mol. The van der Waals surface area contributed by atoms with Gasteiger partial charge in [-0.2, -0.15) is 13.2 Å². The third kappa shape index (κ3) is 2.32. The topological polar surface area (TPSA) is 57.0 Å². The van der Waals surface area contributed by atoms with E-state index in [1.54, 1.807) is 0 Å². The maximum Gasteiger partial charge on any atom is 0.437 e. The molecule has 1 aromatic heterocycles. The first kappa shape index (κ1) is 12.8. The van der Waals surface area contributed by atoms with E-state index < -0.39 is 11.9 Å². The van der Waals surface area contributed by atoms with Gasteiger partial charge >= 0.3 is 12.1 Å². The van der Waals surface area contributed by atoms with Gasteiger partial charge in [0.05, 0.1) is 18.7 Å². The number of aromatic nitrogens is 3. The predicted octanol–water partition coefficient (Wildman–Crippen LogP) is 1.42. The van der Waals surface area contributed by atoms with Crippen LogP contribution in [0.3, 0.4) is 0 Å². The highest BCUT2D eigenvalue weighted by Gasteiger charge is 2.39. The number of nitrogens with zero attached hydrogens (tertiary/aromatic N) is 3. The summed E-state index contributed by atoms with van der Waals surface area (Å²) in [5, 5.41) is 6.67. The second kappa shape index (κ2) is 4.58. The highest BCUT2D eigenvalue weighted by Crippen LogP contribution is 2.32. The van der Waals surface area contributed by atoms with Crippen LogP contribution in [0.5, 0.6) is 0 Å². The van der Waals surface area contributed by atoms with Crippen molar-refractivity contribution in [1.82, 2.24) is 15.0 Å². The lowest BCUT2D eigenvalue weighted by Crippen LogP contribution is -2.17. The molecule has 18 heavy (non-hydrogen) atoms. The molecule has 1 aliphatic rings. The van der Waals surface area contributed by atoms with E-state index in [1.807, 2.05) is 0 Å². The van der Waals surface area contributed by atoms with Crippen LogP contribution in [-0.2, 0) is 28.7 Å². The molecule has 0 saturated heterocycles. The fourth-order valence-corrected chi connectivity index (χ4v) is 2.12. The van der Waals surface area contributed by atoms with Crippen LogP contribution in [-0.4, -0.2) is 28.1 Å². The van der Waals surface area contributed by atoms with Gasteiger partial charge in [0.2, 0.25) is 0 Å². The Bertz CT molecular complexity index is 456. The van der Waals surface area contributed by atoms with Gasteiger partial charge < -0.3 is 4.74 Å². The molecule has 2 rings (SSSR count). The molecule has 8 heteroatoms. The van der Waals surface area contributed by atoms with E-state index in [0.29, 0.717) is 12.8 Å². The predicted molar refractivity (Wildman–Crippen MR) is 53.5 cm³/mol. The molecule has 100 valence electrons. The average molecular weight is 263 g/mol. The van der Waals surface area contributed by atoms with Gasteiger partial charge in [-0.1, -0.05) is 5.21 Å². The van der Waals surface area contributed by atoms with Crippen LogP contribution in [0, 0.1) is 5.92 Å². The molecule has 0 spiro atoms. The minimum Gasteiger partial charge on any atom is -0.469 e. The number of methoxy groups -OCH3 is 1. The van der Waals surface area contributed by atoms with E-state index >= 15 is 0 Å². The molecule has 0 fully saturated rings. The van der Waals surface area contributed by atoms with Crippen LogP contribution in [0.1, 0.15) is 24.2 Å². The van der Waals surface area contributed by atoms with Crippen molar-refractivity contribution in [3.63, 3.8) is 0 Å². The van der Waals surface area contributed by atoms with E-state index in [-0.39, 0.29) is 30.5 Å². The maximum atomic E-state index is 12.7. The summed E-state index contributed by atoms with van der Waals surface area (Å²) in [5.41, 5.74) is -0.901. The molecule has 0 amide bonds. The molecule has 1 aromatic rings. The number of ether oxygens (including phenoxy) is 1. The average Bonchev–Trinajstić information content (AvgIpc) is 2.61. The number of esters is 1. The van der Waals surface area contributed by atoms with Gasteiger partial charge in [-0.25, -0.2) is 4.68 Å². The summed E-state index contributed by atoms with van der Waals surface area (Å²) in [6.07, 6.45) is -3.64. The first-order valence-corrected chi connectivity index (χ1v) is 5.51. The van der Waals surface area contributed by atoms with Gasteiger partial charge in [0.15, 0.2) is 5.69 Å². The number of alkyl halides is 3. The maximum absolute atomic E-state index is 12.7. The molecular formula is C10H12F3N3O2. The third-order valence-electron chi connectivity index (χ3n) is 3.06. The van der Waals surface area contributed by atoms with Gasteiger partial charge in [0.25, 0.3) is 0 Å². The Morgan fingerprint density at radius 1 is 1.44 bits per heavy atom. The van der Waals surface area contributed by atoms with Crippen molar-refractivity contribution in [3.8, 4) is 0 Å². The summed E-state index contributed by atoms with van der Waals surface area (Å²) in [6.45, 7) is 0.248. The molecule has 0 radical (unpaired) electrons.